The van der Waals surface area contributed by atoms with E-state index in [1.165, 1.54) is 35.1 Å². The lowest BCUT2D eigenvalue weighted by Crippen LogP contribution is -2.19. The number of benzene rings is 2. The van der Waals surface area contributed by atoms with Gasteiger partial charge in [-0.3, -0.25) is 9.48 Å². The highest BCUT2D eigenvalue weighted by Crippen LogP contribution is 2.32. The van der Waals surface area contributed by atoms with Crippen LogP contribution in [-0.2, 0) is 32.9 Å². The van der Waals surface area contributed by atoms with Crippen molar-refractivity contribution < 1.29 is 25.8 Å². The second kappa shape index (κ2) is 8.42. The molecule has 0 saturated heterocycles. The normalized spacial score (nSPS) is 15.1. The lowest BCUT2D eigenvalue weighted by Gasteiger charge is -2.20. The number of aromatic nitrogens is 2. The Labute approximate surface area is 193 Å². The van der Waals surface area contributed by atoms with Crippen molar-refractivity contribution in [2.75, 3.05) is 5.75 Å². The van der Waals surface area contributed by atoms with E-state index in [2.05, 4.69) is 5.10 Å². The van der Waals surface area contributed by atoms with E-state index in [1.807, 2.05) is 6.92 Å². The predicted octanol–water partition coefficient (Wildman–Crippen LogP) is 3.24. The molecular formula is C23H24N2O6S2. The van der Waals surface area contributed by atoms with Gasteiger partial charge < -0.3 is 4.18 Å². The average Bonchev–Trinajstić information content (AvgIpc) is 3.16. The fourth-order valence-electron chi connectivity index (χ4n) is 3.91. The van der Waals surface area contributed by atoms with Gasteiger partial charge in [-0.1, -0.05) is 17.7 Å². The molecule has 2 aromatic carbocycles. The van der Waals surface area contributed by atoms with Gasteiger partial charge in [0.15, 0.2) is 15.6 Å². The summed E-state index contributed by atoms with van der Waals surface area (Å²) in [6, 6.07) is 9.09. The van der Waals surface area contributed by atoms with Gasteiger partial charge in [-0.2, -0.15) is 8.42 Å². The van der Waals surface area contributed by atoms with E-state index in [0.29, 0.717) is 36.1 Å². The molecule has 0 atom stereocenters. The number of carbonyl (C=O) groups excluding carboxylic acids is 1. The molecule has 33 heavy (non-hydrogen) atoms. The summed E-state index contributed by atoms with van der Waals surface area (Å²) >= 11 is 0. The minimum atomic E-state index is -4.21. The van der Waals surface area contributed by atoms with Gasteiger partial charge in [-0.15, -0.1) is 5.10 Å². The molecule has 8 nitrogen and oxygen atoms in total. The van der Waals surface area contributed by atoms with Crippen molar-refractivity contribution in [3.05, 3.63) is 70.4 Å². The number of ketones is 1. The van der Waals surface area contributed by atoms with Crippen LogP contribution in [-0.4, -0.2) is 38.2 Å². The number of hydrogen-bond donors (Lipinski definition) is 0. The molecule has 0 bridgehead atoms. The molecule has 0 N–H and O–H groups in total. The first-order valence-electron chi connectivity index (χ1n) is 10.5. The molecule has 4 rings (SSSR count). The SMILES string of the molecule is CCn1cc(C(=O)c2ccc3c(c2C)CCCS3(=O)=O)c(OS(=O)(=O)c2ccc(C)cc2)n1. The van der Waals surface area contributed by atoms with Gasteiger partial charge in [0, 0.05) is 18.3 Å². The zero-order valence-electron chi connectivity index (χ0n) is 18.5. The van der Waals surface area contributed by atoms with Crippen molar-refractivity contribution in [2.24, 2.45) is 0 Å². The van der Waals surface area contributed by atoms with E-state index < -0.39 is 25.7 Å². The van der Waals surface area contributed by atoms with Gasteiger partial charge >= 0.3 is 10.1 Å². The van der Waals surface area contributed by atoms with Crippen LogP contribution in [0.2, 0.25) is 0 Å². The van der Waals surface area contributed by atoms with Crippen molar-refractivity contribution in [3.63, 3.8) is 0 Å². The molecular weight excluding hydrogens is 464 g/mol. The molecule has 0 radical (unpaired) electrons. The molecule has 0 unspecified atom stereocenters. The van der Waals surface area contributed by atoms with Crippen molar-refractivity contribution in [1.82, 2.24) is 9.78 Å². The molecule has 174 valence electrons. The summed E-state index contributed by atoms with van der Waals surface area (Å²) in [6.45, 7) is 5.74. The second-order valence-electron chi connectivity index (χ2n) is 8.02. The fourth-order valence-corrected chi connectivity index (χ4v) is 6.46. The molecule has 2 heterocycles. The summed E-state index contributed by atoms with van der Waals surface area (Å²) in [4.78, 5) is 13.7. The first-order chi connectivity index (χ1) is 15.5. The number of carbonyl (C=O) groups is 1. The van der Waals surface area contributed by atoms with E-state index in [9.17, 15) is 21.6 Å². The molecule has 0 spiro atoms. The Kier molecular flexibility index (Phi) is 5.92. The van der Waals surface area contributed by atoms with Crippen LogP contribution >= 0.6 is 0 Å². The minimum Gasteiger partial charge on any atom is -0.356 e. The zero-order chi connectivity index (χ0) is 24.0. The molecule has 1 aliphatic rings. The van der Waals surface area contributed by atoms with Crippen LogP contribution in [0.4, 0.5) is 0 Å². The maximum Gasteiger partial charge on any atom is 0.340 e. The van der Waals surface area contributed by atoms with E-state index in [1.54, 1.807) is 26.0 Å². The summed E-state index contributed by atoms with van der Waals surface area (Å²) in [5.74, 6) is -0.704. The van der Waals surface area contributed by atoms with Crippen molar-refractivity contribution >= 4 is 25.7 Å². The number of hydrogen-bond acceptors (Lipinski definition) is 7. The molecule has 3 aromatic rings. The van der Waals surface area contributed by atoms with Crippen LogP contribution in [0, 0.1) is 13.8 Å². The Balaban J connectivity index is 1.76. The van der Waals surface area contributed by atoms with E-state index in [0.717, 1.165) is 5.56 Å². The third-order valence-corrected chi connectivity index (χ3v) is 8.88. The summed E-state index contributed by atoms with van der Waals surface area (Å²) in [5, 5.41) is 4.14. The van der Waals surface area contributed by atoms with Crippen LogP contribution in [0.25, 0.3) is 0 Å². The molecule has 1 aliphatic heterocycles. The Hall–Kier alpha value is -2.98. The largest absolute Gasteiger partial charge is 0.356 e. The monoisotopic (exact) mass is 488 g/mol. The average molecular weight is 489 g/mol. The summed E-state index contributed by atoms with van der Waals surface area (Å²) in [7, 11) is -7.58. The van der Waals surface area contributed by atoms with Crippen LogP contribution in [0.1, 0.15) is 46.0 Å². The Morgan fingerprint density at radius 2 is 1.79 bits per heavy atom. The number of fused-ring (bicyclic) bond motifs is 1. The lowest BCUT2D eigenvalue weighted by atomic mass is 9.94. The number of sulfone groups is 1. The first kappa shape index (κ1) is 23.2. The highest BCUT2D eigenvalue weighted by molar-refractivity contribution is 7.91. The molecule has 0 saturated carbocycles. The van der Waals surface area contributed by atoms with Gasteiger partial charge in [0.05, 0.1) is 10.6 Å². The lowest BCUT2D eigenvalue weighted by molar-refractivity contribution is 0.103. The molecule has 0 fully saturated rings. The van der Waals surface area contributed by atoms with Crippen molar-refractivity contribution in [3.8, 4) is 5.88 Å². The second-order valence-corrected chi connectivity index (χ2v) is 11.6. The quantitative estimate of drug-likeness (QED) is 0.387. The topological polar surface area (TPSA) is 112 Å². The minimum absolute atomic E-state index is 0.00532. The van der Waals surface area contributed by atoms with Crippen LogP contribution in [0.3, 0.4) is 0 Å². The smallest absolute Gasteiger partial charge is 0.340 e. The fraction of sp³-hybridized carbons (Fsp3) is 0.304. The Morgan fingerprint density at radius 1 is 1.09 bits per heavy atom. The first-order valence-corrected chi connectivity index (χ1v) is 13.6. The summed E-state index contributed by atoms with van der Waals surface area (Å²) < 4.78 is 57.1. The zero-order valence-corrected chi connectivity index (χ0v) is 20.2. The Bertz CT molecular complexity index is 1450. The third-order valence-electron chi connectivity index (χ3n) is 5.77. The maximum absolute atomic E-state index is 13.5. The molecule has 1 aromatic heterocycles. The summed E-state index contributed by atoms with van der Waals surface area (Å²) in [5.41, 5.74) is 2.38. The van der Waals surface area contributed by atoms with E-state index >= 15 is 0 Å². The number of nitrogens with zero attached hydrogens (tertiary/aromatic N) is 2. The molecule has 0 amide bonds. The standard InChI is InChI=1S/C23H24N2O6S2/c1-4-25-14-20(23(24-25)31-33(29,30)17-9-7-15(2)8-10-17)22(26)19-11-12-21-18(16(19)3)6-5-13-32(21,27)28/h7-12,14H,4-6,13H2,1-3H3. The van der Waals surface area contributed by atoms with Crippen LogP contribution in [0.5, 0.6) is 5.88 Å². The summed E-state index contributed by atoms with van der Waals surface area (Å²) in [6.07, 6.45) is 2.49. The highest BCUT2D eigenvalue weighted by Gasteiger charge is 2.30. The van der Waals surface area contributed by atoms with Crippen LogP contribution < -0.4 is 4.18 Å². The Morgan fingerprint density at radius 3 is 2.45 bits per heavy atom. The van der Waals surface area contributed by atoms with Crippen LogP contribution in [0.15, 0.2) is 52.4 Å². The molecule has 10 heteroatoms. The number of rotatable bonds is 6. The number of aryl methyl sites for hydroxylation is 2. The van der Waals surface area contributed by atoms with E-state index in [-0.39, 0.29) is 27.0 Å². The van der Waals surface area contributed by atoms with Crippen molar-refractivity contribution in [2.45, 2.75) is 49.9 Å². The van der Waals surface area contributed by atoms with Crippen molar-refractivity contribution in [1.29, 1.82) is 0 Å². The predicted molar refractivity (Wildman–Crippen MR) is 122 cm³/mol. The van der Waals surface area contributed by atoms with Gasteiger partial charge in [0.2, 0.25) is 0 Å². The third kappa shape index (κ3) is 4.32. The maximum atomic E-state index is 13.5. The highest BCUT2D eigenvalue weighted by atomic mass is 32.2. The van der Waals surface area contributed by atoms with Gasteiger partial charge in [-0.25, -0.2) is 8.42 Å². The van der Waals surface area contributed by atoms with Gasteiger partial charge in [0.25, 0.3) is 5.88 Å². The van der Waals surface area contributed by atoms with E-state index in [4.69, 9.17) is 4.18 Å². The van der Waals surface area contributed by atoms with Gasteiger partial charge in [-0.05, 0) is 69.0 Å². The molecule has 0 aliphatic carbocycles. The van der Waals surface area contributed by atoms with Gasteiger partial charge in [0.1, 0.15) is 10.5 Å².